The van der Waals surface area contributed by atoms with Gasteiger partial charge in [0.1, 0.15) is 11.2 Å². The minimum Gasteiger partial charge on any atom is -0.261 e. The fourth-order valence-corrected chi connectivity index (χ4v) is 3.25. The predicted molar refractivity (Wildman–Crippen MR) is 92.2 cm³/mol. The highest BCUT2D eigenvalue weighted by molar-refractivity contribution is 9.10. The van der Waals surface area contributed by atoms with Gasteiger partial charge in [0.25, 0.3) is 0 Å². The lowest BCUT2D eigenvalue weighted by molar-refractivity contribution is 1.19. The third kappa shape index (κ3) is 2.96. The topological polar surface area (TPSA) is 50.2 Å². The zero-order valence-electron chi connectivity index (χ0n) is 11.6. The van der Waals surface area contributed by atoms with Crippen molar-refractivity contribution in [2.45, 2.75) is 13.8 Å². The molecule has 106 valence electrons. The lowest BCUT2D eigenvalue weighted by Crippen LogP contribution is -1.95. The fourth-order valence-electron chi connectivity index (χ4n) is 1.98. The van der Waals surface area contributed by atoms with Crippen molar-refractivity contribution < 1.29 is 0 Å². The molecule has 0 amide bonds. The van der Waals surface area contributed by atoms with Crippen LogP contribution in [0, 0.1) is 13.8 Å². The number of benzene rings is 1. The number of anilines is 1. The Hall–Kier alpha value is -1.79. The standard InChI is InChI=1S/C15H13BrN4S/c1-9-10(2)21-15-13(9)14(17-8-18-15)20-19-7-11-3-5-12(16)6-4-11/h3-8H,1-2H3,(H,17,18,20). The number of nitrogens with zero attached hydrogens (tertiary/aromatic N) is 3. The van der Waals surface area contributed by atoms with Gasteiger partial charge in [-0.05, 0) is 37.1 Å². The highest BCUT2D eigenvalue weighted by Gasteiger charge is 2.10. The van der Waals surface area contributed by atoms with Crippen molar-refractivity contribution >= 4 is 49.5 Å². The van der Waals surface area contributed by atoms with Crippen molar-refractivity contribution in [2.24, 2.45) is 5.10 Å². The van der Waals surface area contributed by atoms with E-state index in [1.54, 1.807) is 23.9 Å². The first kappa shape index (κ1) is 14.2. The van der Waals surface area contributed by atoms with Crippen LogP contribution in [-0.4, -0.2) is 16.2 Å². The molecule has 0 aliphatic heterocycles. The number of hydrogen-bond donors (Lipinski definition) is 1. The van der Waals surface area contributed by atoms with E-state index in [1.807, 2.05) is 24.3 Å². The van der Waals surface area contributed by atoms with E-state index in [1.165, 1.54) is 10.4 Å². The van der Waals surface area contributed by atoms with Crippen molar-refractivity contribution in [2.75, 3.05) is 5.43 Å². The number of hydrazone groups is 1. The number of aromatic nitrogens is 2. The number of fused-ring (bicyclic) bond motifs is 1. The largest absolute Gasteiger partial charge is 0.261 e. The molecule has 0 aliphatic rings. The van der Waals surface area contributed by atoms with Gasteiger partial charge in [0, 0.05) is 9.35 Å². The summed E-state index contributed by atoms with van der Waals surface area (Å²) in [6, 6.07) is 7.95. The summed E-state index contributed by atoms with van der Waals surface area (Å²) in [6.07, 6.45) is 3.34. The highest BCUT2D eigenvalue weighted by atomic mass is 79.9. The highest BCUT2D eigenvalue weighted by Crippen LogP contribution is 2.32. The second-order valence-electron chi connectivity index (χ2n) is 4.61. The molecule has 0 aliphatic carbocycles. The summed E-state index contributed by atoms with van der Waals surface area (Å²) in [5.41, 5.74) is 5.25. The van der Waals surface area contributed by atoms with E-state index in [0.29, 0.717) is 0 Å². The molecule has 2 heterocycles. The van der Waals surface area contributed by atoms with Gasteiger partial charge in [-0.1, -0.05) is 28.1 Å². The van der Waals surface area contributed by atoms with Crippen LogP contribution in [0.25, 0.3) is 10.2 Å². The molecular weight excluding hydrogens is 348 g/mol. The first-order chi connectivity index (χ1) is 10.1. The molecule has 21 heavy (non-hydrogen) atoms. The number of halogens is 1. The third-order valence-electron chi connectivity index (χ3n) is 3.22. The summed E-state index contributed by atoms with van der Waals surface area (Å²) >= 11 is 5.09. The van der Waals surface area contributed by atoms with Gasteiger partial charge in [-0.2, -0.15) is 5.10 Å². The molecule has 1 N–H and O–H groups in total. The second-order valence-corrected chi connectivity index (χ2v) is 6.73. The molecule has 3 rings (SSSR count). The minimum atomic E-state index is 0.746. The first-order valence-corrected chi connectivity index (χ1v) is 8.01. The van der Waals surface area contributed by atoms with E-state index >= 15 is 0 Å². The number of rotatable bonds is 3. The maximum Gasteiger partial charge on any atom is 0.158 e. The van der Waals surface area contributed by atoms with E-state index < -0.39 is 0 Å². The summed E-state index contributed by atoms with van der Waals surface area (Å²) in [7, 11) is 0. The van der Waals surface area contributed by atoms with Crippen molar-refractivity contribution in [3.05, 3.63) is 51.1 Å². The van der Waals surface area contributed by atoms with E-state index in [0.717, 1.165) is 26.1 Å². The van der Waals surface area contributed by atoms with Crippen LogP contribution in [0.4, 0.5) is 5.82 Å². The monoisotopic (exact) mass is 360 g/mol. The third-order valence-corrected chi connectivity index (χ3v) is 4.86. The molecule has 0 saturated carbocycles. The second kappa shape index (κ2) is 5.91. The zero-order valence-corrected chi connectivity index (χ0v) is 14.0. The average Bonchev–Trinajstić information content (AvgIpc) is 2.77. The van der Waals surface area contributed by atoms with Gasteiger partial charge < -0.3 is 0 Å². The maximum atomic E-state index is 4.31. The van der Waals surface area contributed by atoms with Gasteiger partial charge >= 0.3 is 0 Å². The van der Waals surface area contributed by atoms with Crippen LogP contribution in [0.3, 0.4) is 0 Å². The first-order valence-electron chi connectivity index (χ1n) is 6.40. The Kier molecular flexibility index (Phi) is 3.98. The van der Waals surface area contributed by atoms with Crippen LogP contribution in [0.5, 0.6) is 0 Å². The Labute approximate surface area is 135 Å². The maximum absolute atomic E-state index is 4.31. The van der Waals surface area contributed by atoms with Crippen LogP contribution >= 0.6 is 27.3 Å². The number of thiophene rings is 1. The van der Waals surface area contributed by atoms with E-state index in [9.17, 15) is 0 Å². The molecule has 0 fully saturated rings. The van der Waals surface area contributed by atoms with Crippen LogP contribution in [0.15, 0.2) is 40.2 Å². The SMILES string of the molecule is Cc1sc2ncnc(NN=Cc3ccc(Br)cc3)c2c1C. The van der Waals surface area contributed by atoms with Crippen molar-refractivity contribution in [3.8, 4) is 0 Å². The van der Waals surface area contributed by atoms with E-state index in [-0.39, 0.29) is 0 Å². The normalized spacial score (nSPS) is 11.4. The van der Waals surface area contributed by atoms with E-state index in [4.69, 9.17) is 0 Å². The summed E-state index contributed by atoms with van der Waals surface area (Å²) in [4.78, 5) is 10.8. The van der Waals surface area contributed by atoms with E-state index in [2.05, 4.69) is 50.3 Å². The average molecular weight is 361 g/mol. The molecule has 6 heteroatoms. The quantitative estimate of drug-likeness (QED) is 0.551. The number of hydrogen-bond acceptors (Lipinski definition) is 5. The van der Waals surface area contributed by atoms with Gasteiger partial charge in [-0.3, -0.25) is 5.43 Å². The Morgan fingerprint density at radius 2 is 1.95 bits per heavy atom. The summed E-state index contributed by atoms with van der Waals surface area (Å²) in [5, 5.41) is 5.32. The summed E-state index contributed by atoms with van der Waals surface area (Å²) in [6.45, 7) is 4.18. The lowest BCUT2D eigenvalue weighted by atomic mass is 10.2. The summed E-state index contributed by atoms with van der Waals surface area (Å²) in [5.74, 6) is 0.746. The van der Waals surface area contributed by atoms with Crippen molar-refractivity contribution in [3.63, 3.8) is 0 Å². The molecule has 0 bridgehead atoms. The molecule has 0 saturated heterocycles. The lowest BCUT2D eigenvalue weighted by Gasteiger charge is -2.02. The summed E-state index contributed by atoms with van der Waals surface area (Å²) < 4.78 is 1.05. The van der Waals surface area contributed by atoms with Crippen molar-refractivity contribution in [1.29, 1.82) is 0 Å². The molecule has 0 unspecified atom stereocenters. The Balaban J connectivity index is 1.87. The molecule has 2 aromatic heterocycles. The van der Waals surface area contributed by atoms with Gasteiger partial charge in [0.05, 0.1) is 11.6 Å². The molecule has 0 atom stereocenters. The van der Waals surface area contributed by atoms with Gasteiger partial charge in [-0.15, -0.1) is 11.3 Å². The van der Waals surface area contributed by atoms with Crippen LogP contribution in [0.2, 0.25) is 0 Å². The van der Waals surface area contributed by atoms with Crippen LogP contribution < -0.4 is 5.43 Å². The molecule has 1 aromatic carbocycles. The van der Waals surface area contributed by atoms with Gasteiger partial charge in [-0.25, -0.2) is 9.97 Å². The Bertz CT molecular complexity index is 808. The fraction of sp³-hybridized carbons (Fsp3) is 0.133. The van der Waals surface area contributed by atoms with Crippen LogP contribution in [-0.2, 0) is 0 Å². The molecule has 4 nitrogen and oxygen atoms in total. The predicted octanol–water partition coefficient (Wildman–Crippen LogP) is 4.52. The molecule has 0 spiro atoms. The van der Waals surface area contributed by atoms with Gasteiger partial charge in [0.2, 0.25) is 0 Å². The number of aryl methyl sites for hydroxylation is 2. The smallest absolute Gasteiger partial charge is 0.158 e. The Morgan fingerprint density at radius 3 is 2.71 bits per heavy atom. The molecule has 3 aromatic rings. The van der Waals surface area contributed by atoms with Gasteiger partial charge in [0.15, 0.2) is 5.82 Å². The molecular formula is C15H13BrN4S. The molecule has 0 radical (unpaired) electrons. The zero-order chi connectivity index (χ0) is 14.8. The van der Waals surface area contributed by atoms with Crippen molar-refractivity contribution in [1.82, 2.24) is 9.97 Å². The van der Waals surface area contributed by atoms with Crippen LogP contribution in [0.1, 0.15) is 16.0 Å². The Morgan fingerprint density at radius 1 is 1.19 bits per heavy atom. The minimum absolute atomic E-state index is 0.746. The number of nitrogens with one attached hydrogen (secondary N) is 1.